The highest BCUT2D eigenvalue weighted by Gasteiger charge is 2.17. The van der Waals surface area contributed by atoms with Gasteiger partial charge in [-0.15, -0.1) is 5.10 Å². The van der Waals surface area contributed by atoms with Gasteiger partial charge in [-0.1, -0.05) is 44.5 Å². The van der Waals surface area contributed by atoms with Gasteiger partial charge >= 0.3 is 0 Å². The van der Waals surface area contributed by atoms with Crippen molar-refractivity contribution in [3.05, 3.63) is 53.7 Å². The molecule has 28 heavy (non-hydrogen) atoms. The summed E-state index contributed by atoms with van der Waals surface area (Å²) in [7, 11) is 3.34. The Morgan fingerprint density at radius 2 is 1.71 bits per heavy atom. The van der Waals surface area contributed by atoms with Gasteiger partial charge in [0.15, 0.2) is 0 Å². The molecular formula is C23H29N3O2. The van der Waals surface area contributed by atoms with E-state index in [1.165, 1.54) is 18.4 Å². The zero-order chi connectivity index (χ0) is 20.1. The van der Waals surface area contributed by atoms with Gasteiger partial charge in [-0.3, -0.25) is 0 Å². The second-order valence-electron chi connectivity index (χ2n) is 7.27. The van der Waals surface area contributed by atoms with Crippen molar-refractivity contribution in [2.75, 3.05) is 14.2 Å². The summed E-state index contributed by atoms with van der Waals surface area (Å²) in [6.07, 6.45) is 5.47. The molecule has 5 heteroatoms. The molecule has 3 rings (SSSR count). The molecule has 0 amide bonds. The normalized spacial score (nSPS) is 11.1. The SMILES string of the molecule is CCCCc1ccc(-n2cc(-c3cc(C(C)C)c(OC)cc3OC)nn2)cc1. The van der Waals surface area contributed by atoms with E-state index in [-0.39, 0.29) is 0 Å². The monoisotopic (exact) mass is 379 g/mol. The molecule has 0 N–H and O–H groups in total. The number of benzene rings is 2. The fraction of sp³-hybridized carbons (Fsp3) is 0.391. The fourth-order valence-electron chi connectivity index (χ4n) is 3.28. The first-order valence-corrected chi connectivity index (χ1v) is 9.85. The molecule has 0 spiro atoms. The Bertz CT molecular complexity index is 914. The number of aryl methyl sites for hydroxylation is 1. The lowest BCUT2D eigenvalue weighted by Gasteiger charge is -2.16. The number of methoxy groups -OCH3 is 2. The molecule has 0 saturated heterocycles. The van der Waals surface area contributed by atoms with Crippen molar-refractivity contribution in [3.8, 4) is 28.4 Å². The molecule has 0 aliphatic rings. The van der Waals surface area contributed by atoms with E-state index >= 15 is 0 Å². The summed E-state index contributed by atoms with van der Waals surface area (Å²) in [5, 5.41) is 8.72. The zero-order valence-electron chi connectivity index (χ0n) is 17.4. The van der Waals surface area contributed by atoms with Crippen LogP contribution in [0.3, 0.4) is 0 Å². The predicted molar refractivity (Wildman–Crippen MR) is 113 cm³/mol. The standard InChI is InChI=1S/C23H29N3O2/c1-6-7-8-17-9-11-18(12-10-17)26-15-21(24-25-26)20-13-19(16(2)3)22(27-4)14-23(20)28-5/h9-16H,6-8H2,1-5H3. The third-order valence-corrected chi connectivity index (χ3v) is 4.96. The minimum Gasteiger partial charge on any atom is -0.496 e. The first-order valence-electron chi connectivity index (χ1n) is 9.85. The summed E-state index contributed by atoms with van der Waals surface area (Å²) >= 11 is 0. The van der Waals surface area contributed by atoms with Crippen LogP contribution in [0.15, 0.2) is 42.6 Å². The Kier molecular flexibility index (Phi) is 6.34. The lowest BCUT2D eigenvalue weighted by molar-refractivity contribution is 0.390. The number of aromatic nitrogens is 3. The van der Waals surface area contributed by atoms with Gasteiger partial charge in [0.2, 0.25) is 0 Å². The highest BCUT2D eigenvalue weighted by Crippen LogP contribution is 2.38. The Morgan fingerprint density at radius 1 is 1.00 bits per heavy atom. The number of ether oxygens (including phenoxy) is 2. The molecule has 0 atom stereocenters. The van der Waals surface area contributed by atoms with Crippen molar-refractivity contribution in [1.29, 1.82) is 0 Å². The highest BCUT2D eigenvalue weighted by atomic mass is 16.5. The van der Waals surface area contributed by atoms with Crippen LogP contribution < -0.4 is 9.47 Å². The molecule has 0 radical (unpaired) electrons. The van der Waals surface area contributed by atoms with Crippen molar-refractivity contribution in [2.24, 2.45) is 0 Å². The molecule has 0 fully saturated rings. The van der Waals surface area contributed by atoms with E-state index in [1.54, 1.807) is 18.9 Å². The minimum atomic E-state index is 0.324. The van der Waals surface area contributed by atoms with E-state index in [4.69, 9.17) is 9.47 Å². The average Bonchev–Trinajstić information content (AvgIpc) is 3.21. The molecule has 1 heterocycles. The van der Waals surface area contributed by atoms with Gasteiger partial charge in [-0.05, 0) is 48.1 Å². The third-order valence-electron chi connectivity index (χ3n) is 4.96. The van der Waals surface area contributed by atoms with E-state index < -0.39 is 0 Å². The summed E-state index contributed by atoms with van der Waals surface area (Å²) in [6, 6.07) is 12.5. The molecule has 1 aromatic heterocycles. The number of unbranched alkanes of at least 4 members (excludes halogenated alkanes) is 1. The van der Waals surface area contributed by atoms with Crippen LogP contribution in [0.5, 0.6) is 11.5 Å². The topological polar surface area (TPSA) is 49.2 Å². The maximum Gasteiger partial charge on any atom is 0.132 e. The van der Waals surface area contributed by atoms with Crippen molar-refractivity contribution < 1.29 is 9.47 Å². The van der Waals surface area contributed by atoms with Gasteiger partial charge in [0.1, 0.15) is 17.2 Å². The fourth-order valence-corrected chi connectivity index (χ4v) is 3.28. The maximum absolute atomic E-state index is 5.59. The van der Waals surface area contributed by atoms with Crippen LogP contribution in [-0.4, -0.2) is 29.2 Å². The zero-order valence-corrected chi connectivity index (χ0v) is 17.4. The second-order valence-corrected chi connectivity index (χ2v) is 7.27. The summed E-state index contributed by atoms with van der Waals surface area (Å²) in [4.78, 5) is 0. The van der Waals surface area contributed by atoms with Gasteiger partial charge in [0, 0.05) is 11.6 Å². The Balaban J connectivity index is 1.94. The summed E-state index contributed by atoms with van der Waals surface area (Å²) in [5.41, 5.74) is 5.15. The van der Waals surface area contributed by atoms with Crippen molar-refractivity contribution in [3.63, 3.8) is 0 Å². The van der Waals surface area contributed by atoms with Gasteiger partial charge in [-0.2, -0.15) is 0 Å². The van der Waals surface area contributed by atoms with Gasteiger partial charge in [-0.25, -0.2) is 4.68 Å². The van der Waals surface area contributed by atoms with Crippen molar-refractivity contribution in [2.45, 2.75) is 46.0 Å². The summed E-state index contributed by atoms with van der Waals surface area (Å²) < 4.78 is 12.9. The van der Waals surface area contributed by atoms with Crippen molar-refractivity contribution >= 4 is 0 Å². The lowest BCUT2D eigenvalue weighted by Crippen LogP contribution is -1.98. The molecule has 5 nitrogen and oxygen atoms in total. The maximum atomic E-state index is 5.59. The molecule has 0 saturated carbocycles. The number of hydrogen-bond donors (Lipinski definition) is 0. The molecule has 0 unspecified atom stereocenters. The molecule has 148 valence electrons. The van der Waals surface area contributed by atoms with E-state index in [1.807, 2.05) is 12.3 Å². The van der Waals surface area contributed by atoms with Crippen LogP contribution >= 0.6 is 0 Å². The molecule has 0 bridgehead atoms. The Labute approximate surface area is 167 Å². The van der Waals surface area contributed by atoms with Crippen LogP contribution in [0.25, 0.3) is 16.9 Å². The van der Waals surface area contributed by atoms with Gasteiger partial charge in [0.05, 0.1) is 26.1 Å². The van der Waals surface area contributed by atoms with Crippen LogP contribution in [0.4, 0.5) is 0 Å². The quantitative estimate of drug-likeness (QED) is 0.524. The van der Waals surface area contributed by atoms with E-state index in [9.17, 15) is 0 Å². The summed E-state index contributed by atoms with van der Waals surface area (Å²) in [6.45, 7) is 6.50. The largest absolute Gasteiger partial charge is 0.496 e. The van der Waals surface area contributed by atoms with E-state index in [2.05, 4.69) is 61.4 Å². The van der Waals surface area contributed by atoms with Crippen LogP contribution in [0.2, 0.25) is 0 Å². The van der Waals surface area contributed by atoms with Crippen LogP contribution in [0, 0.1) is 0 Å². The average molecular weight is 380 g/mol. The first-order chi connectivity index (χ1) is 13.6. The predicted octanol–water partition coefficient (Wildman–Crippen LogP) is 5.42. The number of nitrogens with zero attached hydrogens (tertiary/aromatic N) is 3. The molecule has 0 aliphatic heterocycles. The minimum absolute atomic E-state index is 0.324. The van der Waals surface area contributed by atoms with Crippen LogP contribution in [0.1, 0.15) is 50.7 Å². The Morgan fingerprint density at radius 3 is 2.32 bits per heavy atom. The molecular weight excluding hydrogens is 350 g/mol. The number of hydrogen-bond acceptors (Lipinski definition) is 4. The summed E-state index contributed by atoms with van der Waals surface area (Å²) in [5.74, 6) is 1.87. The molecule has 0 aliphatic carbocycles. The van der Waals surface area contributed by atoms with Crippen molar-refractivity contribution in [1.82, 2.24) is 15.0 Å². The first kappa shape index (κ1) is 19.9. The number of rotatable bonds is 8. The van der Waals surface area contributed by atoms with Gasteiger partial charge in [0.25, 0.3) is 0 Å². The highest BCUT2D eigenvalue weighted by molar-refractivity contribution is 5.70. The molecule has 2 aromatic carbocycles. The smallest absolute Gasteiger partial charge is 0.132 e. The van der Waals surface area contributed by atoms with Gasteiger partial charge < -0.3 is 9.47 Å². The van der Waals surface area contributed by atoms with Crippen LogP contribution in [-0.2, 0) is 6.42 Å². The third kappa shape index (κ3) is 4.19. The van der Waals surface area contributed by atoms with E-state index in [0.29, 0.717) is 5.92 Å². The Hall–Kier alpha value is -2.82. The second kappa shape index (κ2) is 8.91. The lowest BCUT2D eigenvalue weighted by atomic mass is 9.97. The van der Waals surface area contributed by atoms with E-state index in [0.717, 1.165) is 40.4 Å². The molecule has 3 aromatic rings.